The van der Waals surface area contributed by atoms with Crippen molar-refractivity contribution in [2.24, 2.45) is 0 Å². The molecule has 4 heteroatoms. The van der Waals surface area contributed by atoms with Gasteiger partial charge in [0, 0.05) is 19.3 Å². The van der Waals surface area contributed by atoms with Gasteiger partial charge in [0.1, 0.15) is 0 Å². The van der Waals surface area contributed by atoms with Gasteiger partial charge in [-0.2, -0.15) is 13.2 Å². The molecule has 1 nitrogen and oxygen atoms in total. The van der Waals surface area contributed by atoms with Crippen LogP contribution in [0, 0.1) is 0 Å². The van der Waals surface area contributed by atoms with Crippen LogP contribution in [0.15, 0.2) is 97.2 Å². The van der Waals surface area contributed by atoms with Gasteiger partial charge in [-0.25, -0.2) is 0 Å². The van der Waals surface area contributed by atoms with Gasteiger partial charge < -0.3 is 4.90 Å². The number of hydrogen-bond acceptors (Lipinski definition) is 1. The van der Waals surface area contributed by atoms with Gasteiger partial charge in [-0.15, -0.1) is 0 Å². The summed E-state index contributed by atoms with van der Waals surface area (Å²) in [6, 6.07) is 27.0. The zero-order valence-corrected chi connectivity index (χ0v) is 14.7. The Morgan fingerprint density at radius 1 is 0.667 bits per heavy atom. The van der Waals surface area contributed by atoms with Crippen molar-refractivity contribution in [2.45, 2.75) is 19.3 Å². The summed E-state index contributed by atoms with van der Waals surface area (Å²) < 4.78 is 41.2. The van der Waals surface area contributed by atoms with Crippen LogP contribution < -0.4 is 0 Å². The van der Waals surface area contributed by atoms with Gasteiger partial charge in [-0.1, -0.05) is 91.0 Å². The van der Waals surface area contributed by atoms with Crippen molar-refractivity contribution in [1.82, 2.24) is 4.90 Å². The van der Waals surface area contributed by atoms with Crippen LogP contribution in [0.2, 0.25) is 0 Å². The van der Waals surface area contributed by atoms with Crippen molar-refractivity contribution in [3.05, 3.63) is 114 Å². The maximum absolute atomic E-state index is 13.7. The molecule has 0 aromatic heterocycles. The molecule has 3 aromatic carbocycles. The molecule has 0 N–H and O–H groups in total. The van der Waals surface area contributed by atoms with Crippen molar-refractivity contribution in [2.75, 3.05) is 0 Å². The molecule has 0 bridgehead atoms. The molecule has 27 heavy (non-hydrogen) atoms. The normalized spacial score (nSPS) is 12.0. The van der Waals surface area contributed by atoms with Crippen LogP contribution in [0.3, 0.4) is 0 Å². The Balaban J connectivity index is 1.97. The Morgan fingerprint density at radius 2 is 1.07 bits per heavy atom. The second-order valence-corrected chi connectivity index (χ2v) is 6.28. The van der Waals surface area contributed by atoms with Gasteiger partial charge in [0.15, 0.2) is 0 Å². The number of halogens is 3. The Morgan fingerprint density at radius 3 is 1.48 bits per heavy atom. The summed E-state index contributed by atoms with van der Waals surface area (Å²) in [5, 5.41) is 0. The van der Waals surface area contributed by atoms with Crippen LogP contribution in [0.1, 0.15) is 16.7 Å². The highest BCUT2D eigenvalue weighted by molar-refractivity contribution is 5.69. The van der Waals surface area contributed by atoms with E-state index in [9.17, 15) is 13.2 Å². The topological polar surface area (TPSA) is 3.24 Å². The van der Waals surface area contributed by atoms with Crippen LogP contribution in [-0.2, 0) is 13.1 Å². The van der Waals surface area contributed by atoms with E-state index in [2.05, 4.69) is 0 Å². The number of nitrogens with zero attached hydrogens (tertiary/aromatic N) is 1. The van der Waals surface area contributed by atoms with E-state index in [0.717, 1.165) is 11.1 Å². The molecule has 0 fully saturated rings. The molecule has 0 aliphatic carbocycles. The Kier molecular flexibility index (Phi) is 5.97. The predicted molar refractivity (Wildman–Crippen MR) is 103 cm³/mol. The largest absolute Gasteiger partial charge is 0.418 e. The van der Waals surface area contributed by atoms with Crippen LogP contribution in [0.25, 0.3) is 5.57 Å². The van der Waals surface area contributed by atoms with E-state index in [0.29, 0.717) is 13.1 Å². The third kappa shape index (κ3) is 5.48. The lowest BCUT2D eigenvalue weighted by Crippen LogP contribution is -2.21. The zero-order chi connectivity index (χ0) is 19.1. The summed E-state index contributed by atoms with van der Waals surface area (Å²) in [6.45, 7) is 0.782. The summed E-state index contributed by atoms with van der Waals surface area (Å²) in [7, 11) is 0. The second-order valence-electron chi connectivity index (χ2n) is 6.28. The van der Waals surface area contributed by atoms with Gasteiger partial charge >= 0.3 is 6.18 Å². The Hall–Kier alpha value is -3.01. The zero-order valence-electron chi connectivity index (χ0n) is 14.7. The first-order valence-electron chi connectivity index (χ1n) is 8.69. The van der Waals surface area contributed by atoms with E-state index in [1.807, 2.05) is 60.7 Å². The summed E-state index contributed by atoms with van der Waals surface area (Å²) in [6.07, 6.45) is -3.21. The molecule has 0 spiro atoms. The highest BCUT2D eigenvalue weighted by Crippen LogP contribution is 2.34. The summed E-state index contributed by atoms with van der Waals surface area (Å²) in [5.41, 5.74) is 1.43. The number of benzene rings is 3. The first-order chi connectivity index (χ1) is 13.0. The highest BCUT2D eigenvalue weighted by Gasteiger charge is 2.35. The smallest absolute Gasteiger partial charge is 0.368 e. The standard InChI is InChI=1S/C23H20F3N/c24-23(25,26)22(21-14-8-3-9-15-21)18-27(16-19-10-4-1-5-11-19)17-20-12-6-2-7-13-20/h1-15,18H,16-17H2. The van der Waals surface area contributed by atoms with Crippen molar-refractivity contribution in [3.63, 3.8) is 0 Å². The van der Waals surface area contributed by atoms with Gasteiger partial charge in [0.2, 0.25) is 0 Å². The monoisotopic (exact) mass is 367 g/mol. The fourth-order valence-corrected chi connectivity index (χ4v) is 2.89. The van der Waals surface area contributed by atoms with E-state index in [1.165, 1.54) is 18.3 Å². The lowest BCUT2D eigenvalue weighted by atomic mass is 10.1. The van der Waals surface area contributed by atoms with Crippen molar-refractivity contribution in [3.8, 4) is 0 Å². The molecule has 138 valence electrons. The summed E-state index contributed by atoms with van der Waals surface area (Å²) in [4.78, 5) is 1.71. The fraction of sp³-hybridized carbons (Fsp3) is 0.130. The first kappa shape index (κ1) is 18.8. The third-order valence-electron chi connectivity index (χ3n) is 4.16. The van der Waals surface area contributed by atoms with E-state index in [-0.39, 0.29) is 5.56 Å². The molecule has 3 rings (SSSR count). The molecule has 0 heterocycles. The molecule has 0 saturated heterocycles. The summed E-state index contributed by atoms with van der Waals surface area (Å²) in [5.74, 6) is 0. The van der Waals surface area contributed by atoms with Crippen molar-refractivity contribution in [1.29, 1.82) is 0 Å². The molecule has 0 unspecified atom stereocenters. The lowest BCUT2D eigenvalue weighted by Gasteiger charge is -2.24. The van der Waals surface area contributed by atoms with Gasteiger partial charge in [-0.05, 0) is 16.7 Å². The molecule has 0 atom stereocenters. The van der Waals surface area contributed by atoms with Gasteiger partial charge in [-0.3, -0.25) is 0 Å². The maximum Gasteiger partial charge on any atom is 0.418 e. The number of alkyl halides is 3. The minimum absolute atomic E-state index is 0.163. The van der Waals surface area contributed by atoms with Crippen molar-refractivity contribution >= 4 is 5.57 Å². The van der Waals surface area contributed by atoms with Crippen LogP contribution >= 0.6 is 0 Å². The van der Waals surface area contributed by atoms with E-state index >= 15 is 0 Å². The number of allylic oxidation sites excluding steroid dienone is 1. The minimum Gasteiger partial charge on any atom is -0.368 e. The average molecular weight is 367 g/mol. The average Bonchev–Trinajstić information content (AvgIpc) is 2.67. The van der Waals surface area contributed by atoms with Crippen LogP contribution in [0.5, 0.6) is 0 Å². The maximum atomic E-state index is 13.7. The Labute approximate surface area is 157 Å². The quantitative estimate of drug-likeness (QED) is 0.495. The fourth-order valence-electron chi connectivity index (χ4n) is 2.89. The SMILES string of the molecule is FC(F)(F)C(=CN(Cc1ccccc1)Cc1ccccc1)c1ccccc1. The molecule has 0 amide bonds. The van der Waals surface area contributed by atoms with Crippen LogP contribution in [-0.4, -0.2) is 11.1 Å². The molecule has 0 saturated carbocycles. The number of rotatable bonds is 6. The van der Waals surface area contributed by atoms with Gasteiger partial charge in [0.05, 0.1) is 5.57 Å². The van der Waals surface area contributed by atoms with Crippen molar-refractivity contribution < 1.29 is 13.2 Å². The Bertz CT molecular complexity index is 815. The third-order valence-corrected chi connectivity index (χ3v) is 4.16. The first-order valence-corrected chi connectivity index (χ1v) is 8.69. The second kappa shape index (κ2) is 8.58. The van der Waals surface area contributed by atoms with E-state index in [1.54, 1.807) is 23.1 Å². The molecule has 0 radical (unpaired) electrons. The lowest BCUT2D eigenvalue weighted by molar-refractivity contribution is -0.0697. The summed E-state index contributed by atoms with van der Waals surface area (Å²) >= 11 is 0. The molecule has 0 aliphatic heterocycles. The molecular formula is C23H20F3N. The molecule has 3 aromatic rings. The molecule has 0 aliphatic rings. The van der Waals surface area contributed by atoms with Crippen LogP contribution in [0.4, 0.5) is 13.2 Å². The minimum atomic E-state index is -4.44. The van der Waals surface area contributed by atoms with E-state index in [4.69, 9.17) is 0 Å². The highest BCUT2D eigenvalue weighted by atomic mass is 19.4. The number of hydrogen-bond donors (Lipinski definition) is 0. The molecular weight excluding hydrogens is 347 g/mol. The van der Waals surface area contributed by atoms with Gasteiger partial charge in [0.25, 0.3) is 0 Å². The van der Waals surface area contributed by atoms with E-state index < -0.39 is 11.7 Å². The predicted octanol–water partition coefficient (Wildman–Crippen LogP) is 6.29.